The average molecular weight is 396 g/mol. The van der Waals surface area contributed by atoms with Crippen LogP contribution in [-0.2, 0) is 11.3 Å². The summed E-state index contributed by atoms with van der Waals surface area (Å²) < 4.78 is 35.2. The first-order chi connectivity index (χ1) is 13.7. The molecule has 0 aromatic heterocycles. The third kappa shape index (κ3) is 6.04. The molecule has 3 rings (SSSR count). The standard InChI is InChI=1S/C20H30F2N4O2/c1-2-23-20(26-7-6-17(14-26)25-8-10-27-11-9-25)24-13-16-4-3-5-18(12-16)28-15-19(21)22/h3-5,12,17,19H,2,6-11,13-15H2,1H3,(H,23,24). The van der Waals surface area contributed by atoms with Crippen LogP contribution < -0.4 is 10.1 Å². The average Bonchev–Trinajstić information content (AvgIpc) is 3.21. The van der Waals surface area contributed by atoms with Gasteiger partial charge in [-0.25, -0.2) is 13.8 Å². The van der Waals surface area contributed by atoms with Crippen LogP contribution in [0.5, 0.6) is 5.75 Å². The number of nitrogens with zero attached hydrogens (tertiary/aromatic N) is 3. The van der Waals surface area contributed by atoms with E-state index < -0.39 is 13.0 Å². The topological polar surface area (TPSA) is 49.3 Å². The predicted octanol–water partition coefficient (Wildman–Crippen LogP) is 2.20. The van der Waals surface area contributed by atoms with Gasteiger partial charge in [0.15, 0.2) is 5.96 Å². The van der Waals surface area contributed by atoms with Gasteiger partial charge in [0.25, 0.3) is 6.43 Å². The monoisotopic (exact) mass is 396 g/mol. The van der Waals surface area contributed by atoms with E-state index in [1.807, 2.05) is 12.1 Å². The first-order valence-electron chi connectivity index (χ1n) is 10.0. The van der Waals surface area contributed by atoms with Crippen molar-refractivity contribution in [2.75, 3.05) is 52.5 Å². The number of halogens is 2. The van der Waals surface area contributed by atoms with E-state index in [1.54, 1.807) is 12.1 Å². The van der Waals surface area contributed by atoms with Gasteiger partial charge >= 0.3 is 0 Å². The maximum atomic E-state index is 12.3. The highest BCUT2D eigenvalue weighted by molar-refractivity contribution is 5.80. The normalized spacial score (nSPS) is 21.4. The van der Waals surface area contributed by atoms with Crippen LogP contribution in [0.2, 0.25) is 0 Å². The molecule has 1 aromatic rings. The van der Waals surface area contributed by atoms with Crippen LogP contribution in [0.4, 0.5) is 8.78 Å². The van der Waals surface area contributed by atoms with Crippen molar-refractivity contribution in [2.24, 2.45) is 4.99 Å². The van der Waals surface area contributed by atoms with E-state index in [9.17, 15) is 8.78 Å². The molecule has 0 spiro atoms. The van der Waals surface area contributed by atoms with Crippen molar-refractivity contribution >= 4 is 5.96 Å². The Morgan fingerprint density at radius 2 is 2.14 bits per heavy atom. The third-order valence-electron chi connectivity index (χ3n) is 5.05. The Morgan fingerprint density at radius 3 is 2.89 bits per heavy atom. The lowest BCUT2D eigenvalue weighted by Gasteiger charge is -2.32. The van der Waals surface area contributed by atoms with Crippen LogP contribution in [-0.4, -0.2) is 80.8 Å². The summed E-state index contributed by atoms with van der Waals surface area (Å²) in [4.78, 5) is 9.58. The predicted molar refractivity (Wildman–Crippen MR) is 105 cm³/mol. The van der Waals surface area contributed by atoms with Crippen molar-refractivity contribution in [3.63, 3.8) is 0 Å². The zero-order valence-corrected chi connectivity index (χ0v) is 16.4. The molecule has 2 fully saturated rings. The second kappa shape index (κ2) is 10.6. The largest absolute Gasteiger partial charge is 0.488 e. The van der Waals surface area contributed by atoms with E-state index in [-0.39, 0.29) is 0 Å². The smallest absolute Gasteiger partial charge is 0.272 e. The van der Waals surface area contributed by atoms with Crippen molar-refractivity contribution in [3.05, 3.63) is 29.8 Å². The molecule has 0 amide bonds. The number of likely N-dealkylation sites (tertiary alicyclic amines) is 1. The molecule has 0 aliphatic carbocycles. The maximum absolute atomic E-state index is 12.3. The van der Waals surface area contributed by atoms with Crippen LogP contribution in [0.3, 0.4) is 0 Å². The van der Waals surface area contributed by atoms with E-state index in [0.29, 0.717) is 18.3 Å². The fraction of sp³-hybridized carbons (Fsp3) is 0.650. The lowest BCUT2D eigenvalue weighted by Crippen LogP contribution is -2.46. The molecule has 8 heteroatoms. The van der Waals surface area contributed by atoms with Crippen LogP contribution in [0.25, 0.3) is 0 Å². The van der Waals surface area contributed by atoms with Gasteiger partial charge in [0.1, 0.15) is 12.4 Å². The van der Waals surface area contributed by atoms with Crippen molar-refractivity contribution in [3.8, 4) is 5.75 Å². The van der Waals surface area contributed by atoms with E-state index in [4.69, 9.17) is 14.5 Å². The zero-order valence-electron chi connectivity index (χ0n) is 16.4. The summed E-state index contributed by atoms with van der Waals surface area (Å²) >= 11 is 0. The Labute approximate surface area is 165 Å². The first-order valence-corrected chi connectivity index (χ1v) is 10.0. The Bertz CT molecular complexity index is 638. The van der Waals surface area contributed by atoms with Gasteiger partial charge in [-0.05, 0) is 31.0 Å². The lowest BCUT2D eigenvalue weighted by molar-refractivity contribution is 0.0195. The molecule has 1 N–H and O–H groups in total. The molecular formula is C20H30F2N4O2. The summed E-state index contributed by atoms with van der Waals surface area (Å²) in [5.74, 6) is 1.35. The molecular weight excluding hydrogens is 366 g/mol. The fourth-order valence-electron chi connectivity index (χ4n) is 3.66. The van der Waals surface area contributed by atoms with Crippen molar-refractivity contribution in [2.45, 2.75) is 32.4 Å². The molecule has 1 aromatic carbocycles. The minimum absolute atomic E-state index is 0.451. The molecule has 28 heavy (non-hydrogen) atoms. The Kier molecular flexibility index (Phi) is 7.85. The van der Waals surface area contributed by atoms with Crippen LogP contribution in [0.15, 0.2) is 29.3 Å². The number of aliphatic imine (C=N–C) groups is 1. The summed E-state index contributed by atoms with van der Waals surface area (Å²) in [7, 11) is 0. The van der Waals surface area contributed by atoms with Gasteiger partial charge in [-0.3, -0.25) is 4.90 Å². The van der Waals surface area contributed by atoms with Crippen molar-refractivity contribution in [1.29, 1.82) is 0 Å². The minimum Gasteiger partial charge on any atom is -0.488 e. The molecule has 2 saturated heterocycles. The molecule has 2 aliphatic rings. The number of benzene rings is 1. The molecule has 0 radical (unpaired) electrons. The van der Waals surface area contributed by atoms with Gasteiger partial charge in [0.05, 0.1) is 19.8 Å². The summed E-state index contributed by atoms with van der Waals surface area (Å²) in [6.45, 7) is 8.31. The number of hydrogen-bond donors (Lipinski definition) is 1. The Hall–Kier alpha value is -1.93. The molecule has 1 unspecified atom stereocenters. The van der Waals surface area contributed by atoms with Gasteiger partial charge in [-0.2, -0.15) is 0 Å². The van der Waals surface area contributed by atoms with Gasteiger partial charge < -0.3 is 19.7 Å². The Balaban J connectivity index is 1.59. The number of rotatable bonds is 7. The third-order valence-corrected chi connectivity index (χ3v) is 5.05. The summed E-state index contributed by atoms with van der Waals surface area (Å²) in [5, 5.41) is 3.38. The number of ether oxygens (including phenoxy) is 2. The highest BCUT2D eigenvalue weighted by atomic mass is 19.3. The van der Waals surface area contributed by atoms with Gasteiger partial charge in [-0.15, -0.1) is 0 Å². The number of hydrogen-bond acceptors (Lipinski definition) is 4. The maximum Gasteiger partial charge on any atom is 0.272 e. The van der Waals surface area contributed by atoms with E-state index in [1.165, 1.54) is 0 Å². The van der Waals surface area contributed by atoms with E-state index in [2.05, 4.69) is 22.0 Å². The molecule has 6 nitrogen and oxygen atoms in total. The van der Waals surface area contributed by atoms with Crippen LogP contribution in [0, 0.1) is 0 Å². The fourth-order valence-corrected chi connectivity index (χ4v) is 3.66. The number of morpholine rings is 1. The summed E-state index contributed by atoms with van der Waals surface area (Å²) in [6.07, 6.45) is -1.35. The summed E-state index contributed by atoms with van der Waals surface area (Å²) in [5.41, 5.74) is 0.936. The van der Waals surface area contributed by atoms with Crippen molar-refractivity contribution in [1.82, 2.24) is 15.1 Å². The van der Waals surface area contributed by atoms with Gasteiger partial charge in [0.2, 0.25) is 0 Å². The highest BCUT2D eigenvalue weighted by Crippen LogP contribution is 2.18. The number of alkyl halides is 2. The molecule has 0 saturated carbocycles. The Morgan fingerprint density at radius 1 is 1.32 bits per heavy atom. The second-order valence-electron chi connectivity index (χ2n) is 7.06. The molecule has 156 valence electrons. The van der Waals surface area contributed by atoms with Crippen LogP contribution >= 0.6 is 0 Å². The molecule has 2 heterocycles. The molecule has 0 bridgehead atoms. The minimum atomic E-state index is -2.48. The quantitative estimate of drug-likeness (QED) is 0.566. The van der Waals surface area contributed by atoms with Gasteiger partial charge in [0, 0.05) is 38.8 Å². The zero-order chi connectivity index (χ0) is 19.8. The SMILES string of the molecule is CCNC(=NCc1cccc(OCC(F)F)c1)N1CCC(N2CCOCC2)C1. The van der Waals surface area contributed by atoms with Gasteiger partial charge in [-0.1, -0.05) is 12.1 Å². The second-order valence-corrected chi connectivity index (χ2v) is 7.06. The highest BCUT2D eigenvalue weighted by Gasteiger charge is 2.30. The number of nitrogens with one attached hydrogen (secondary N) is 1. The van der Waals surface area contributed by atoms with E-state index in [0.717, 1.165) is 63.9 Å². The number of guanidine groups is 1. The lowest BCUT2D eigenvalue weighted by atomic mass is 10.2. The molecule has 1 atom stereocenters. The molecule has 2 aliphatic heterocycles. The summed E-state index contributed by atoms with van der Waals surface area (Å²) in [6, 6.07) is 7.74. The van der Waals surface area contributed by atoms with Crippen LogP contribution in [0.1, 0.15) is 18.9 Å². The first kappa shape index (κ1) is 20.8. The van der Waals surface area contributed by atoms with Crippen molar-refractivity contribution < 1.29 is 18.3 Å². The van der Waals surface area contributed by atoms with E-state index >= 15 is 0 Å².